The third-order valence-electron chi connectivity index (χ3n) is 1.48. The third-order valence-corrected chi connectivity index (χ3v) is 1.48. The number of hydrogen-bond acceptors (Lipinski definition) is 6. The first kappa shape index (κ1) is 20.8. The zero-order chi connectivity index (χ0) is 9.72. The Labute approximate surface area is 132 Å². The van der Waals surface area contributed by atoms with Crippen molar-refractivity contribution >= 4 is 18.7 Å². The predicted molar refractivity (Wildman–Crippen MR) is 47.5 cm³/mol. The normalized spacial score (nSPS) is 18.1. The Hall–Kier alpha value is 1.40. The molecule has 0 spiro atoms. The molecule has 0 saturated heterocycles. The van der Waals surface area contributed by atoms with Crippen LogP contribution in [-0.4, -0.2) is 57.7 Å². The van der Waals surface area contributed by atoms with Crippen LogP contribution in [0.2, 0.25) is 0 Å². The molecule has 0 aliphatic heterocycles. The second-order valence-electron chi connectivity index (χ2n) is 2.44. The Kier molecular flexibility index (Phi) is 16.2. The molecule has 0 bridgehead atoms. The van der Waals surface area contributed by atoms with Crippen molar-refractivity contribution in [2.24, 2.45) is 5.73 Å². The Morgan fingerprint density at radius 2 is 1.71 bits per heavy atom. The van der Waals surface area contributed by atoms with Gasteiger partial charge in [-0.15, -0.1) is 12.4 Å². The van der Waals surface area contributed by atoms with Crippen molar-refractivity contribution in [2.45, 2.75) is 24.4 Å². The first-order valence-electron chi connectivity index (χ1n) is 3.40. The third kappa shape index (κ3) is 6.80. The standard InChI is InChI=1S/C6H13NO5.ClH.K.H/c7-3(1-8)5(11)6(12)4(10)2-9;;;/h1,3-6,9-12H,2,7H2;1H;;/q;;+1;-1/t3-,4+,5+,6+;;;/m0.../s1. The molecule has 0 aliphatic rings. The van der Waals surface area contributed by atoms with Gasteiger partial charge in [-0.05, 0) is 0 Å². The number of nitrogens with two attached hydrogens (primary N) is 1. The fourth-order valence-corrected chi connectivity index (χ4v) is 0.644. The molecule has 6 N–H and O–H groups in total. The van der Waals surface area contributed by atoms with Gasteiger partial charge in [-0.2, -0.15) is 0 Å². The minimum atomic E-state index is -1.62. The first-order chi connectivity index (χ1) is 5.54. The number of halogens is 1. The van der Waals surface area contributed by atoms with E-state index in [0.717, 1.165) is 0 Å². The zero-order valence-electron chi connectivity index (χ0n) is 8.78. The van der Waals surface area contributed by atoms with Crippen molar-refractivity contribution in [1.29, 1.82) is 0 Å². The Balaban J connectivity index is -0.000000202. The largest absolute Gasteiger partial charge is 1.00 e. The van der Waals surface area contributed by atoms with Crippen molar-refractivity contribution in [3.8, 4) is 0 Å². The monoisotopic (exact) mass is 255 g/mol. The van der Waals surface area contributed by atoms with E-state index < -0.39 is 31.0 Å². The summed E-state index contributed by atoms with van der Waals surface area (Å²) in [5.41, 5.74) is 5.04. The molecule has 0 heterocycles. The van der Waals surface area contributed by atoms with Gasteiger partial charge in [0.1, 0.15) is 24.6 Å². The second kappa shape index (κ2) is 10.9. The molecular weight excluding hydrogens is 241 g/mol. The number of aliphatic hydroxyl groups is 4. The molecule has 0 aromatic carbocycles. The smallest absolute Gasteiger partial charge is 1.00 e. The molecule has 4 atom stereocenters. The maximum absolute atomic E-state index is 10.0. The molecule has 0 aliphatic carbocycles. The number of carbonyl (C=O) groups is 1. The summed E-state index contributed by atoms with van der Waals surface area (Å²) < 4.78 is 0. The van der Waals surface area contributed by atoms with Crippen molar-refractivity contribution in [1.82, 2.24) is 0 Å². The summed E-state index contributed by atoms with van der Waals surface area (Å²) >= 11 is 0. The van der Waals surface area contributed by atoms with E-state index in [4.69, 9.17) is 26.2 Å². The molecule has 82 valence electrons. The molecule has 0 fully saturated rings. The number of carbonyl (C=O) groups excluding carboxylic acids is 1. The topological polar surface area (TPSA) is 124 Å². The predicted octanol–water partition coefficient (Wildman–Crippen LogP) is -5.87. The molecule has 0 unspecified atom stereocenters. The van der Waals surface area contributed by atoms with Crippen LogP contribution in [0, 0.1) is 0 Å². The summed E-state index contributed by atoms with van der Waals surface area (Å²) in [6.07, 6.45) is -4.43. The second-order valence-corrected chi connectivity index (χ2v) is 2.44. The minimum absolute atomic E-state index is 0. The van der Waals surface area contributed by atoms with Gasteiger partial charge in [0.25, 0.3) is 0 Å². The molecule has 0 aromatic rings. The van der Waals surface area contributed by atoms with E-state index in [-0.39, 0.29) is 71.5 Å². The van der Waals surface area contributed by atoms with Crippen LogP contribution < -0.4 is 57.1 Å². The van der Waals surface area contributed by atoms with Gasteiger partial charge in [0.05, 0.1) is 12.6 Å². The number of hydrogen-bond donors (Lipinski definition) is 5. The Morgan fingerprint density at radius 1 is 1.29 bits per heavy atom. The molecule has 0 rings (SSSR count). The molecule has 14 heavy (non-hydrogen) atoms. The average molecular weight is 256 g/mol. The summed E-state index contributed by atoms with van der Waals surface area (Å²) in [5, 5.41) is 35.2. The number of rotatable bonds is 5. The van der Waals surface area contributed by atoms with Gasteiger partial charge in [-0.3, -0.25) is 0 Å². The van der Waals surface area contributed by atoms with Crippen LogP contribution >= 0.6 is 12.4 Å². The van der Waals surface area contributed by atoms with Gasteiger partial charge in [0.2, 0.25) is 0 Å². The van der Waals surface area contributed by atoms with Crippen LogP contribution in [0.25, 0.3) is 0 Å². The molecular formula is C6H15ClKNO5. The Bertz CT molecular complexity index is 157. The van der Waals surface area contributed by atoms with Gasteiger partial charge < -0.3 is 32.4 Å². The molecule has 6 nitrogen and oxygen atoms in total. The fraction of sp³-hybridized carbons (Fsp3) is 0.833. The molecule has 8 heteroatoms. The van der Waals surface area contributed by atoms with Gasteiger partial charge in [0.15, 0.2) is 0 Å². The maximum Gasteiger partial charge on any atom is 1.00 e. The van der Waals surface area contributed by atoms with Crippen LogP contribution in [0.1, 0.15) is 1.43 Å². The van der Waals surface area contributed by atoms with Gasteiger partial charge in [-0.25, -0.2) is 0 Å². The van der Waals surface area contributed by atoms with Crippen LogP contribution in [0.3, 0.4) is 0 Å². The van der Waals surface area contributed by atoms with E-state index in [9.17, 15) is 4.79 Å². The van der Waals surface area contributed by atoms with E-state index >= 15 is 0 Å². The summed E-state index contributed by atoms with van der Waals surface area (Å²) in [6.45, 7) is -0.705. The van der Waals surface area contributed by atoms with Crippen LogP contribution in [0.15, 0.2) is 0 Å². The summed E-state index contributed by atoms with van der Waals surface area (Å²) in [5.74, 6) is 0. The van der Waals surface area contributed by atoms with Crippen molar-refractivity contribution in [3.63, 3.8) is 0 Å². The van der Waals surface area contributed by atoms with Crippen molar-refractivity contribution in [2.75, 3.05) is 6.61 Å². The minimum Gasteiger partial charge on any atom is -1.00 e. The van der Waals surface area contributed by atoms with Crippen LogP contribution in [0.4, 0.5) is 0 Å². The summed E-state index contributed by atoms with van der Waals surface area (Å²) in [4.78, 5) is 10.0. The number of aldehydes is 1. The van der Waals surface area contributed by atoms with Crippen molar-refractivity contribution < 1.29 is 78.0 Å². The quantitative estimate of drug-likeness (QED) is 0.246. The fourth-order valence-electron chi connectivity index (χ4n) is 0.644. The molecule has 0 saturated carbocycles. The molecule has 0 radical (unpaired) electrons. The maximum atomic E-state index is 10.0. The molecule has 0 aromatic heterocycles. The van der Waals surface area contributed by atoms with E-state index in [1.165, 1.54) is 0 Å². The van der Waals surface area contributed by atoms with Crippen molar-refractivity contribution in [3.05, 3.63) is 0 Å². The van der Waals surface area contributed by atoms with E-state index in [2.05, 4.69) is 0 Å². The number of aliphatic hydroxyl groups excluding tert-OH is 4. The summed E-state index contributed by atoms with van der Waals surface area (Å²) in [7, 11) is 0. The van der Waals surface area contributed by atoms with E-state index in [1.54, 1.807) is 0 Å². The SMILES string of the molecule is Cl.N[C@@H](C=O)[C@@H](O)[C@H](O)[C@H](O)CO.[H-].[K+]. The van der Waals surface area contributed by atoms with Crippen LogP contribution in [0.5, 0.6) is 0 Å². The van der Waals surface area contributed by atoms with Gasteiger partial charge in [0, 0.05) is 0 Å². The van der Waals surface area contributed by atoms with Gasteiger partial charge >= 0.3 is 51.4 Å². The van der Waals surface area contributed by atoms with Gasteiger partial charge in [-0.1, -0.05) is 0 Å². The average Bonchev–Trinajstić information content (AvgIpc) is 2.12. The Morgan fingerprint density at radius 3 is 2.00 bits per heavy atom. The van der Waals surface area contributed by atoms with E-state index in [1.807, 2.05) is 0 Å². The van der Waals surface area contributed by atoms with Crippen LogP contribution in [-0.2, 0) is 4.79 Å². The van der Waals surface area contributed by atoms with E-state index in [0.29, 0.717) is 0 Å². The first-order valence-corrected chi connectivity index (χ1v) is 3.40. The molecule has 0 amide bonds. The summed E-state index contributed by atoms with van der Waals surface area (Å²) in [6, 6.07) is -1.26. The zero-order valence-corrected chi connectivity index (χ0v) is 11.7.